The van der Waals surface area contributed by atoms with Crippen LogP contribution in [0.3, 0.4) is 0 Å². The van der Waals surface area contributed by atoms with E-state index >= 15 is 0 Å². The number of esters is 1. The van der Waals surface area contributed by atoms with E-state index in [0.717, 1.165) is 16.8 Å². The first-order valence-electron chi connectivity index (χ1n) is 13.0. The smallest absolute Gasteiger partial charge is 0.312 e. The Hall–Kier alpha value is -2.97. The SMILES string of the molecule is C=CCCOC(=O)[C@H]1[C@H]2C(=O)N(CCO)C(C(=O)N(CC=C)c3c(C)cccc3C)C23CC(C)[C@]1(C)O3. The van der Waals surface area contributed by atoms with E-state index in [4.69, 9.17) is 9.47 Å². The second-order valence-corrected chi connectivity index (χ2v) is 10.7. The van der Waals surface area contributed by atoms with Crippen molar-refractivity contribution in [3.05, 3.63) is 54.6 Å². The first-order chi connectivity index (χ1) is 17.6. The zero-order chi connectivity index (χ0) is 27.1. The van der Waals surface area contributed by atoms with Crippen LogP contribution >= 0.6 is 0 Å². The van der Waals surface area contributed by atoms with Crippen molar-refractivity contribution in [2.75, 3.05) is 31.2 Å². The van der Waals surface area contributed by atoms with E-state index in [1.54, 1.807) is 17.1 Å². The summed E-state index contributed by atoms with van der Waals surface area (Å²) in [6, 6.07) is 4.82. The molecule has 8 nitrogen and oxygen atoms in total. The minimum absolute atomic E-state index is 0.0329. The fourth-order valence-electron chi connectivity index (χ4n) is 6.86. The fraction of sp³-hybridized carbons (Fsp3) is 0.552. The number of likely N-dealkylation sites (tertiary alicyclic amines) is 1. The van der Waals surface area contributed by atoms with Gasteiger partial charge in [-0.25, -0.2) is 0 Å². The van der Waals surface area contributed by atoms with Gasteiger partial charge in [-0.05, 0) is 50.7 Å². The highest BCUT2D eigenvalue weighted by atomic mass is 16.6. The van der Waals surface area contributed by atoms with Gasteiger partial charge in [0.2, 0.25) is 5.91 Å². The lowest BCUT2D eigenvalue weighted by atomic mass is 9.62. The zero-order valence-corrected chi connectivity index (χ0v) is 22.2. The van der Waals surface area contributed by atoms with Gasteiger partial charge in [-0.3, -0.25) is 14.4 Å². The average molecular weight is 511 g/mol. The van der Waals surface area contributed by atoms with Gasteiger partial charge in [0, 0.05) is 18.8 Å². The van der Waals surface area contributed by atoms with Crippen LogP contribution in [0, 0.1) is 31.6 Å². The van der Waals surface area contributed by atoms with Crippen LogP contribution in [-0.4, -0.2) is 71.3 Å². The lowest BCUT2D eigenvalue weighted by Gasteiger charge is -2.37. The molecule has 0 saturated carbocycles. The fourth-order valence-corrected chi connectivity index (χ4v) is 6.86. The number of hydrogen-bond acceptors (Lipinski definition) is 6. The summed E-state index contributed by atoms with van der Waals surface area (Å²) in [6.45, 7) is 15.3. The van der Waals surface area contributed by atoms with E-state index in [1.165, 1.54) is 4.90 Å². The van der Waals surface area contributed by atoms with E-state index in [0.29, 0.717) is 12.8 Å². The molecule has 3 saturated heterocycles. The average Bonchev–Trinajstić information content (AvgIpc) is 3.35. The highest BCUT2D eigenvalue weighted by molar-refractivity contribution is 6.05. The third kappa shape index (κ3) is 4.01. The summed E-state index contributed by atoms with van der Waals surface area (Å²) >= 11 is 0. The number of benzene rings is 1. The normalized spacial score (nSPS) is 31.8. The Kier molecular flexibility index (Phi) is 7.36. The number of anilines is 1. The van der Waals surface area contributed by atoms with Crippen LogP contribution in [0.2, 0.25) is 0 Å². The molecule has 200 valence electrons. The van der Waals surface area contributed by atoms with Gasteiger partial charge in [-0.2, -0.15) is 0 Å². The second kappa shape index (κ2) is 10.1. The molecule has 37 heavy (non-hydrogen) atoms. The number of fused-ring (bicyclic) bond motifs is 1. The summed E-state index contributed by atoms with van der Waals surface area (Å²) in [5, 5.41) is 9.87. The van der Waals surface area contributed by atoms with Gasteiger partial charge < -0.3 is 24.4 Å². The number of aliphatic hydroxyl groups is 1. The van der Waals surface area contributed by atoms with Gasteiger partial charge in [0.1, 0.15) is 17.6 Å². The summed E-state index contributed by atoms with van der Waals surface area (Å²) < 4.78 is 12.2. The number of hydrogen-bond donors (Lipinski definition) is 1. The van der Waals surface area contributed by atoms with E-state index in [1.807, 2.05) is 45.9 Å². The largest absolute Gasteiger partial charge is 0.465 e. The van der Waals surface area contributed by atoms with E-state index in [2.05, 4.69) is 13.2 Å². The summed E-state index contributed by atoms with van der Waals surface area (Å²) in [5.41, 5.74) is 0.453. The Morgan fingerprint density at radius 3 is 2.54 bits per heavy atom. The third-order valence-corrected chi connectivity index (χ3v) is 8.50. The van der Waals surface area contributed by atoms with Crippen molar-refractivity contribution < 1.29 is 29.0 Å². The van der Waals surface area contributed by atoms with Crippen molar-refractivity contribution in [1.82, 2.24) is 4.90 Å². The number of para-hydroxylation sites is 1. The molecular weight excluding hydrogens is 472 g/mol. The van der Waals surface area contributed by atoms with Gasteiger partial charge in [0.25, 0.3) is 5.91 Å². The topological polar surface area (TPSA) is 96.4 Å². The van der Waals surface area contributed by atoms with Crippen LogP contribution in [0.1, 0.15) is 37.8 Å². The minimum Gasteiger partial charge on any atom is -0.465 e. The highest BCUT2D eigenvalue weighted by Crippen LogP contribution is 2.65. The van der Waals surface area contributed by atoms with Crippen LogP contribution in [0.4, 0.5) is 5.69 Å². The molecule has 0 aromatic heterocycles. The summed E-state index contributed by atoms with van der Waals surface area (Å²) in [5.74, 6) is -2.96. The molecule has 1 aromatic carbocycles. The molecule has 3 aliphatic heterocycles. The number of β-amino-alcohol motifs (C(OH)–C–C–N with tert-alkyl or cyclic N) is 1. The quantitative estimate of drug-likeness (QED) is 0.295. The minimum atomic E-state index is -1.20. The van der Waals surface area contributed by atoms with Gasteiger partial charge in [0.15, 0.2) is 0 Å². The van der Waals surface area contributed by atoms with Crippen LogP contribution in [-0.2, 0) is 23.9 Å². The number of aryl methyl sites for hydroxylation is 2. The molecular formula is C29H38N2O6. The molecule has 2 amide bonds. The molecule has 3 heterocycles. The highest BCUT2D eigenvalue weighted by Gasteiger charge is 2.80. The Labute approximate surface area is 218 Å². The van der Waals surface area contributed by atoms with Gasteiger partial charge in [-0.15, -0.1) is 13.2 Å². The number of amides is 2. The predicted octanol–water partition coefficient (Wildman–Crippen LogP) is 2.94. The monoisotopic (exact) mass is 510 g/mol. The molecule has 3 aliphatic rings. The maximum atomic E-state index is 14.5. The predicted molar refractivity (Wildman–Crippen MR) is 140 cm³/mol. The number of ether oxygens (including phenoxy) is 2. The van der Waals surface area contributed by atoms with Crippen molar-refractivity contribution in [2.24, 2.45) is 17.8 Å². The molecule has 3 fully saturated rings. The molecule has 3 unspecified atom stereocenters. The molecule has 1 N–H and O–H groups in total. The third-order valence-electron chi connectivity index (χ3n) is 8.50. The summed E-state index contributed by atoms with van der Waals surface area (Å²) in [4.78, 5) is 44.9. The standard InChI is InChI=1S/C29H38N2O6/c1-7-9-16-36-27(35)22-21-25(33)31(14-15-32)24(29(21)17-20(5)28(22,6)37-29)26(34)30(13-8-2)23-18(3)11-10-12-19(23)4/h7-8,10-12,20-22,24,32H,1-2,9,13-17H2,3-6H3/t20?,21-,22+,24?,28-,29?/m0/s1. The molecule has 6 atom stereocenters. The number of aliphatic hydroxyl groups excluding tert-OH is 1. The number of carbonyl (C=O) groups is 3. The number of carbonyl (C=O) groups excluding carboxylic acids is 3. The Morgan fingerprint density at radius 1 is 1.27 bits per heavy atom. The van der Waals surface area contributed by atoms with E-state index in [9.17, 15) is 19.5 Å². The van der Waals surface area contributed by atoms with Crippen LogP contribution < -0.4 is 4.90 Å². The van der Waals surface area contributed by atoms with Crippen LogP contribution in [0.5, 0.6) is 0 Å². The van der Waals surface area contributed by atoms with Gasteiger partial charge >= 0.3 is 5.97 Å². The van der Waals surface area contributed by atoms with Crippen LogP contribution in [0.15, 0.2) is 43.5 Å². The molecule has 2 bridgehead atoms. The Morgan fingerprint density at radius 2 is 1.95 bits per heavy atom. The molecule has 8 heteroatoms. The molecule has 1 aromatic rings. The maximum Gasteiger partial charge on any atom is 0.312 e. The molecule has 4 rings (SSSR count). The van der Waals surface area contributed by atoms with Crippen molar-refractivity contribution in [3.63, 3.8) is 0 Å². The first kappa shape index (κ1) is 27.1. The lowest BCUT2D eigenvalue weighted by Crippen LogP contribution is -2.57. The number of rotatable bonds is 10. The zero-order valence-electron chi connectivity index (χ0n) is 22.2. The summed E-state index contributed by atoms with van der Waals surface area (Å²) in [6.07, 6.45) is 4.27. The van der Waals surface area contributed by atoms with Crippen molar-refractivity contribution in [3.8, 4) is 0 Å². The Bertz CT molecular complexity index is 1100. The molecule has 1 spiro atoms. The first-order valence-corrected chi connectivity index (χ1v) is 13.0. The van der Waals surface area contributed by atoms with Crippen molar-refractivity contribution in [1.29, 1.82) is 0 Å². The maximum absolute atomic E-state index is 14.5. The van der Waals surface area contributed by atoms with Crippen LogP contribution in [0.25, 0.3) is 0 Å². The Balaban J connectivity index is 1.81. The molecule has 0 aliphatic carbocycles. The second-order valence-electron chi connectivity index (χ2n) is 10.7. The van der Waals surface area contributed by atoms with Gasteiger partial charge in [-0.1, -0.05) is 37.3 Å². The lowest BCUT2D eigenvalue weighted by molar-refractivity contribution is -0.161. The van der Waals surface area contributed by atoms with Gasteiger partial charge in [0.05, 0.1) is 24.7 Å². The summed E-state index contributed by atoms with van der Waals surface area (Å²) in [7, 11) is 0. The number of nitrogens with zero attached hydrogens (tertiary/aromatic N) is 2. The van der Waals surface area contributed by atoms with Crippen molar-refractivity contribution >= 4 is 23.5 Å². The van der Waals surface area contributed by atoms with Crippen molar-refractivity contribution in [2.45, 2.75) is 57.8 Å². The van der Waals surface area contributed by atoms with E-state index < -0.39 is 35.0 Å². The molecule has 0 radical (unpaired) electrons. The van der Waals surface area contributed by atoms with E-state index in [-0.39, 0.29) is 44.0 Å².